The van der Waals surface area contributed by atoms with Gasteiger partial charge >= 0.3 is 0 Å². The van der Waals surface area contributed by atoms with Gasteiger partial charge in [-0.2, -0.15) is 0 Å². The number of benzene rings is 1. The standard InChI is InChI=1S/C21H17ClF3N3O4S/c22-10-3-11(5-26-4-10)33-21-18(30)17(20-19(32-21)15(29)7-31-20)28-6-14(27-8-28)9-1-12(23)16(25)13(24)2-9/h1-6,8,15,17-21,29-30H,7H2/t15?,17?,18?,19?,20-,21-/m1/s1. The highest BCUT2D eigenvalue weighted by atomic mass is 35.5. The van der Waals surface area contributed by atoms with E-state index in [1.165, 1.54) is 30.5 Å². The summed E-state index contributed by atoms with van der Waals surface area (Å²) in [5.74, 6) is -4.23. The van der Waals surface area contributed by atoms with E-state index in [1.54, 1.807) is 16.8 Å². The topological polar surface area (TPSA) is 89.6 Å². The predicted octanol–water partition coefficient (Wildman–Crippen LogP) is 3.19. The molecule has 174 valence electrons. The molecule has 33 heavy (non-hydrogen) atoms. The number of hydrogen-bond donors (Lipinski definition) is 2. The first-order chi connectivity index (χ1) is 15.8. The number of rotatable bonds is 4. The fourth-order valence-electron chi connectivity index (χ4n) is 4.06. The van der Waals surface area contributed by atoms with Gasteiger partial charge in [-0.3, -0.25) is 4.98 Å². The smallest absolute Gasteiger partial charge is 0.194 e. The molecule has 2 aliphatic rings. The average Bonchev–Trinajstić information content (AvgIpc) is 3.40. The number of aromatic nitrogens is 3. The van der Waals surface area contributed by atoms with Crippen LogP contribution in [0.3, 0.4) is 0 Å². The van der Waals surface area contributed by atoms with Crippen LogP contribution >= 0.6 is 23.4 Å². The number of hydrogen-bond acceptors (Lipinski definition) is 7. The van der Waals surface area contributed by atoms with Crippen molar-refractivity contribution in [2.45, 2.75) is 40.8 Å². The van der Waals surface area contributed by atoms with Gasteiger partial charge in [0, 0.05) is 29.0 Å². The third-order valence-electron chi connectivity index (χ3n) is 5.58. The number of ether oxygens (including phenoxy) is 2. The zero-order valence-corrected chi connectivity index (χ0v) is 18.3. The zero-order valence-electron chi connectivity index (χ0n) is 16.7. The van der Waals surface area contributed by atoms with Gasteiger partial charge in [0.2, 0.25) is 0 Å². The lowest BCUT2D eigenvalue weighted by Gasteiger charge is -2.42. The van der Waals surface area contributed by atoms with Crippen LogP contribution < -0.4 is 0 Å². The summed E-state index contributed by atoms with van der Waals surface area (Å²) in [5, 5.41) is 21.9. The maximum Gasteiger partial charge on any atom is 0.194 e. The molecule has 5 rings (SSSR count). The minimum Gasteiger partial charge on any atom is -0.388 e. The Bertz CT molecular complexity index is 1160. The highest BCUT2D eigenvalue weighted by Crippen LogP contribution is 2.43. The Balaban J connectivity index is 1.47. The quantitative estimate of drug-likeness (QED) is 0.533. The summed E-state index contributed by atoms with van der Waals surface area (Å²) in [5.41, 5.74) is -0.601. The number of aliphatic hydroxyl groups excluding tert-OH is 2. The number of thioether (sulfide) groups is 1. The first-order valence-corrected chi connectivity index (χ1v) is 11.2. The number of fused-ring (bicyclic) bond motifs is 1. The predicted molar refractivity (Wildman–Crippen MR) is 112 cm³/mol. The van der Waals surface area contributed by atoms with Crippen LogP contribution in [0.5, 0.6) is 0 Å². The summed E-state index contributed by atoms with van der Waals surface area (Å²) < 4.78 is 53.9. The molecule has 2 saturated heterocycles. The van der Waals surface area contributed by atoms with Crippen LogP contribution in [0.15, 0.2) is 48.0 Å². The van der Waals surface area contributed by atoms with Gasteiger partial charge in [-0.1, -0.05) is 23.4 Å². The van der Waals surface area contributed by atoms with Crippen LogP contribution in [0.25, 0.3) is 11.3 Å². The third-order valence-corrected chi connectivity index (χ3v) is 6.90. The summed E-state index contributed by atoms with van der Waals surface area (Å²) in [7, 11) is 0. The molecule has 6 atom stereocenters. The second kappa shape index (κ2) is 8.90. The lowest BCUT2D eigenvalue weighted by atomic mass is 9.95. The molecule has 0 spiro atoms. The highest BCUT2D eigenvalue weighted by Gasteiger charge is 2.53. The molecule has 0 aliphatic carbocycles. The lowest BCUT2D eigenvalue weighted by molar-refractivity contribution is -0.159. The third kappa shape index (κ3) is 4.25. The summed E-state index contributed by atoms with van der Waals surface area (Å²) in [6, 6.07) is 2.62. The van der Waals surface area contributed by atoms with Crippen molar-refractivity contribution in [2.24, 2.45) is 0 Å². The minimum absolute atomic E-state index is 0.0185. The number of nitrogens with zero attached hydrogens (tertiary/aromatic N) is 3. The molecule has 2 fully saturated rings. The molecule has 2 aliphatic heterocycles. The molecule has 12 heteroatoms. The molecule has 0 radical (unpaired) electrons. The van der Waals surface area contributed by atoms with E-state index in [1.807, 2.05) is 0 Å². The Morgan fingerprint density at radius 1 is 1.09 bits per heavy atom. The van der Waals surface area contributed by atoms with E-state index in [0.29, 0.717) is 9.92 Å². The van der Waals surface area contributed by atoms with Crippen LogP contribution in [0.4, 0.5) is 13.2 Å². The SMILES string of the molecule is OC1CO[C@H]2C1O[C@H](Sc1cncc(Cl)c1)C(O)C2n1cnc(-c2cc(F)c(F)c(F)c2)c1. The maximum absolute atomic E-state index is 13.7. The van der Waals surface area contributed by atoms with Crippen molar-refractivity contribution in [3.8, 4) is 11.3 Å². The summed E-state index contributed by atoms with van der Waals surface area (Å²) in [6.07, 6.45) is 2.44. The zero-order chi connectivity index (χ0) is 23.3. The van der Waals surface area contributed by atoms with E-state index in [0.717, 1.165) is 12.1 Å². The molecule has 2 aromatic heterocycles. The van der Waals surface area contributed by atoms with E-state index >= 15 is 0 Å². The van der Waals surface area contributed by atoms with E-state index in [2.05, 4.69) is 9.97 Å². The van der Waals surface area contributed by atoms with Crippen molar-refractivity contribution >= 4 is 23.4 Å². The number of aliphatic hydroxyl groups is 2. The van der Waals surface area contributed by atoms with E-state index < -0.39 is 53.3 Å². The monoisotopic (exact) mass is 499 g/mol. The number of halogens is 4. The fourth-order valence-corrected chi connectivity index (χ4v) is 5.36. The molecule has 0 saturated carbocycles. The first kappa shape index (κ1) is 22.6. The van der Waals surface area contributed by atoms with Crippen LogP contribution in [0.2, 0.25) is 5.02 Å². The second-order valence-electron chi connectivity index (χ2n) is 7.73. The van der Waals surface area contributed by atoms with Gasteiger partial charge in [0.25, 0.3) is 0 Å². The highest BCUT2D eigenvalue weighted by molar-refractivity contribution is 7.99. The molecule has 4 heterocycles. The molecule has 3 aromatic rings. The summed E-state index contributed by atoms with van der Waals surface area (Å²) in [6.45, 7) is 0.0185. The molecule has 4 unspecified atom stereocenters. The second-order valence-corrected chi connectivity index (χ2v) is 9.34. The van der Waals surface area contributed by atoms with Gasteiger partial charge in [-0.15, -0.1) is 0 Å². The van der Waals surface area contributed by atoms with Gasteiger partial charge < -0.3 is 24.3 Å². The molecule has 0 amide bonds. The van der Waals surface area contributed by atoms with Crippen LogP contribution in [-0.4, -0.2) is 61.2 Å². The van der Waals surface area contributed by atoms with Crippen molar-refractivity contribution < 1.29 is 32.9 Å². The van der Waals surface area contributed by atoms with Crippen molar-refractivity contribution in [1.29, 1.82) is 0 Å². The van der Waals surface area contributed by atoms with Gasteiger partial charge in [0.05, 0.1) is 29.7 Å². The van der Waals surface area contributed by atoms with E-state index in [4.69, 9.17) is 21.1 Å². The van der Waals surface area contributed by atoms with Crippen molar-refractivity contribution in [3.05, 3.63) is 65.6 Å². The molecule has 1 aromatic carbocycles. The Kier molecular flexibility index (Phi) is 6.10. The van der Waals surface area contributed by atoms with Crippen LogP contribution in [0.1, 0.15) is 6.04 Å². The molecular weight excluding hydrogens is 483 g/mol. The molecule has 2 N–H and O–H groups in total. The van der Waals surface area contributed by atoms with E-state index in [9.17, 15) is 23.4 Å². The first-order valence-electron chi connectivity index (χ1n) is 9.90. The van der Waals surface area contributed by atoms with Crippen molar-refractivity contribution in [3.63, 3.8) is 0 Å². The fraction of sp³-hybridized carbons (Fsp3) is 0.333. The lowest BCUT2D eigenvalue weighted by Crippen LogP contribution is -2.54. The van der Waals surface area contributed by atoms with Crippen molar-refractivity contribution in [2.75, 3.05) is 6.61 Å². The summed E-state index contributed by atoms with van der Waals surface area (Å²) >= 11 is 7.18. The normalized spacial score (nSPS) is 29.3. The van der Waals surface area contributed by atoms with Gasteiger partial charge in [0.15, 0.2) is 17.5 Å². The van der Waals surface area contributed by atoms with E-state index in [-0.39, 0.29) is 17.9 Å². The summed E-state index contributed by atoms with van der Waals surface area (Å²) in [4.78, 5) is 8.84. The van der Waals surface area contributed by atoms with Gasteiger partial charge in [0.1, 0.15) is 29.9 Å². The Morgan fingerprint density at radius 2 is 1.85 bits per heavy atom. The number of pyridine rings is 1. The van der Waals surface area contributed by atoms with Gasteiger partial charge in [-0.25, -0.2) is 18.2 Å². The number of imidazole rings is 1. The van der Waals surface area contributed by atoms with Crippen LogP contribution in [-0.2, 0) is 9.47 Å². The molecular formula is C21H17ClF3N3O4S. The minimum atomic E-state index is -1.57. The Morgan fingerprint density at radius 3 is 2.58 bits per heavy atom. The maximum atomic E-state index is 13.7. The molecule has 0 bridgehead atoms. The van der Waals surface area contributed by atoms with Crippen molar-refractivity contribution in [1.82, 2.24) is 14.5 Å². The van der Waals surface area contributed by atoms with Gasteiger partial charge in [-0.05, 0) is 18.2 Å². The van der Waals surface area contributed by atoms with Crippen LogP contribution in [0, 0.1) is 17.5 Å². The Hall–Kier alpha value is -2.15. The average molecular weight is 500 g/mol. The largest absolute Gasteiger partial charge is 0.388 e. The Labute approximate surface area is 195 Å². The molecule has 7 nitrogen and oxygen atoms in total.